The fourth-order valence-corrected chi connectivity index (χ4v) is 2.20. The van der Waals surface area contributed by atoms with E-state index in [4.69, 9.17) is 11.6 Å². The molecule has 110 valence electrons. The summed E-state index contributed by atoms with van der Waals surface area (Å²) in [6.45, 7) is 6.13. The molecule has 0 aromatic carbocycles. The number of pyridine rings is 2. The van der Waals surface area contributed by atoms with Crippen molar-refractivity contribution < 1.29 is 0 Å². The van der Waals surface area contributed by atoms with Crippen LogP contribution in [0.15, 0.2) is 30.5 Å². The van der Waals surface area contributed by atoms with Gasteiger partial charge in [-0.3, -0.25) is 0 Å². The van der Waals surface area contributed by atoms with Gasteiger partial charge in [0.05, 0.1) is 5.35 Å². The van der Waals surface area contributed by atoms with Crippen LogP contribution in [0.25, 0.3) is 11.1 Å². The molecule has 0 aliphatic rings. The molecule has 2 aromatic heterocycles. The number of hydrogen-bond donors (Lipinski definition) is 1. The zero-order valence-electron chi connectivity index (χ0n) is 12.7. The number of nitrogens with one attached hydrogen (secondary N) is 1. The van der Waals surface area contributed by atoms with Crippen LogP contribution in [0.3, 0.4) is 0 Å². The number of aryl methyl sites for hydroxylation is 1. The van der Waals surface area contributed by atoms with Crippen molar-refractivity contribution in [3.8, 4) is 0 Å². The van der Waals surface area contributed by atoms with Gasteiger partial charge in [-0.15, -0.1) is 0 Å². The lowest BCUT2D eigenvalue weighted by molar-refractivity contribution is 1.11. The molecule has 0 spiro atoms. The van der Waals surface area contributed by atoms with E-state index in [1.165, 1.54) is 5.56 Å². The molecule has 21 heavy (non-hydrogen) atoms. The zero-order chi connectivity index (χ0) is 15.2. The van der Waals surface area contributed by atoms with E-state index in [0.29, 0.717) is 0 Å². The van der Waals surface area contributed by atoms with E-state index in [1.807, 2.05) is 44.2 Å². The highest BCUT2D eigenvalue weighted by molar-refractivity contribution is 6.44. The van der Waals surface area contributed by atoms with Crippen LogP contribution in [-0.2, 0) is 6.42 Å². The lowest BCUT2D eigenvalue weighted by Gasteiger charge is -2.06. The van der Waals surface area contributed by atoms with Crippen LogP contribution in [0.5, 0.6) is 0 Å². The largest absolute Gasteiger partial charge is 0.325 e. The van der Waals surface area contributed by atoms with Crippen molar-refractivity contribution in [3.05, 3.63) is 46.6 Å². The number of nitrogens with zero attached hydrogens (tertiary/aromatic N) is 2. The summed E-state index contributed by atoms with van der Waals surface area (Å²) in [5, 5.41) is 5.88. The molecule has 0 fully saturated rings. The van der Waals surface area contributed by atoms with E-state index in [-0.39, 0.29) is 0 Å². The Hall–Kier alpha value is -1.87. The van der Waals surface area contributed by atoms with Crippen LogP contribution in [-0.4, -0.2) is 9.97 Å². The summed E-state index contributed by atoms with van der Waals surface area (Å²) in [6.07, 6.45) is 5.57. The summed E-state index contributed by atoms with van der Waals surface area (Å²) in [5.41, 5.74) is 1.24. The minimum atomic E-state index is 0.753. The number of hydrogen-bond acceptors (Lipinski definition) is 3. The van der Waals surface area contributed by atoms with E-state index in [9.17, 15) is 0 Å². The Labute approximate surface area is 130 Å². The minimum Gasteiger partial charge on any atom is -0.325 e. The van der Waals surface area contributed by atoms with Crippen LogP contribution in [0.4, 0.5) is 11.6 Å². The van der Waals surface area contributed by atoms with Crippen molar-refractivity contribution >= 4 is 34.3 Å². The van der Waals surface area contributed by atoms with Crippen LogP contribution in [0.2, 0.25) is 0 Å². The van der Waals surface area contributed by atoms with Crippen LogP contribution in [0, 0.1) is 0 Å². The number of aromatic nitrogens is 2. The Morgan fingerprint density at radius 3 is 2.71 bits per heavy atom. The van der Waals surface area contributed by atoms with Gasteiger partial charge in [0.1, 0.15) is 11.6 Å². The first kappa shape index (κ1) is 15.5. The van der Waals surface area contributed by atoms with Gasteiger partial charge in [0.15, 0.2) is 0 Å². The lowest BCUT2D eigenvalue weighted by atomic mass is 10.2. The molecule has 0 saturated heterocycles. The monoisotopic (exact) mass is 301 g/mol. The molecule has 0 amide bonds. The smallest absolute Gasteiger partial charge is 0.132 e. The van der Waals surface area contributed by atoms with E-state index >= 15 is 0 Å². The van der Waals surface area contributed by atoms with Gasteiger partial charge in [-0.2, -0.15) is 0 Å². The molecule has 0 bridgehead atoms. The van der Waals surface area contributed by atoms with Crippen molar-refractivity contribution in [2.45, 2.75) is 33.6 Å². The average Bonchev–Trinajstić information content (AvgIpc) is 2.54. The standard InChI is InChI=1S/C17H20ClN3/c1-4-12-9-10-19-16(11-12)20-15-8-7-13(5-2)17(21-15)14(18)6-3/h5,7-11H,4,6H2,1-3H3,(H,19,20,21)/b13-5-,17-14-. The first-order chi connectivity index (χ1) is 10.2. The normalized spacial score (nSPS) is 13.2. The van der Waals surface area contributed by atoms with Crippen molar-refractivity contribution in [1.82, 2.24) is 9.97 Å². The van der Waals surface area contributed by atoms with Gasteiger partial charge in [0.25, 0.3) is 0 Å². The third-order valence-corrected chi connectivity index (χ3v) is 3.74. The summed E-state index contributed by atoms with van der Waals surface area (Å²) in [4.78, 5) is 8.93. The molecule has 0 aliphatic heterocycles. The third kappa shape index (κ3) is 3.82. The van der Waals surface area contributed by atoms with Gasteiger partial charge in [-0.25, -0.2) is 9.97 Å². The first-order valence-electron chi connectivity index (χ1n) is 7.22. The highest BCUT2D eigenvalue weighted by atomic mass is 35.5. The Kier molecular flexibility index (Phi) is 5.34. The maximum absolute atomic E-state index is 6.29. The zero-order valence-corrected chi connectivity index (χ0v) is 13.4. The second-order valence-corrected chi connectivity index (χ2v) is 5.17. The second kappa shape index (κ2) is 7.23. The number of rotatable bonds is 4. The van der Waals surface area contributed by atoms with Crippen LogP contribution < -0.4 is 15.9 Å². The maximum Gasteiger partial charge on any atom is 0.132 e. The SMILES string of the molecule is C/C=c1/ccc(Nc2cc(CC)ccn2)n/c1=C(\Cl)CC. The summed E-state index contributed by atoms with van der Waals surface area (Å²) in [5.74, 6) is 1.55. The molecule has 0 radical (unpaired) electrons. The molecule has 0 atom stereocenters. The minimum absolute atomic E-state index is 0.753. The fourth-order valence-electron chi connectivity index (χ4n) is 2.05. The van der Waals surface area contributed by atoms with Crippen molar-refractivity contribution in [2.75, 3.05) is 5.32 Å². The van der Waals surface area contributed by atoms with E-state index < -0.39 is 0 Å². The molecule has 4 heteroatoms. The lowest BCUT2D eigenvalue weighted by Crippen LogP contribution is -2.29. The van der Waals surface area contributed by atoms with E-state index in [1.54, 1.807) is 6.20 Å². The van der Waals surface area contributed by atoms with Crippen LogP contribution >= 0.6 is 11.6 Å². The molecule has 2 aromatic rings. The average molecular weight is 302 g/mol. The molecule has 0 aliphatic carbocycles. The molecule has 0 unspecified atom stereocenters. The van der Waals surface area contributed by atoms with Crippen LogP contribution in [0.1, 0.15) is 32.8 Å². The molecule has 1 N–H and O–H groups in total. The number of anilines is 2. The predicted molar refractivity (Wildman–Crippen MR) is 90.1 cm³/mol. The van der Waals surface area contributed by atoms with Gasteiger partial charge in [0.2, 0.25) is 0 Å². The predicted octanol–water partition coefficient (Wildman–Crippen LogP) is 3.34. The Balaban J connectivity index is 2.42. The summed E-state index contributed by atoms with van der Waals surface area (Å²) in [6, 6.07) is 8.01. The second-order valence-electron chi connectivity index (χ2n) is 4.71. The molecule has 2 heterocycles. The summed E-state index contributed by atoms with van der Waals surface area (Å²) >= 11 is 6.29. The summed E-state index contributed by atoms with van der Waals surface area (Å²) in [7, 11) is 0. The Morgan fingerprint density at radius 1 is 1.24 bits per heavy atom. The molecule has 2 rings (SSSR count). The maximum atomic E-state index is 6.29. The van der Waals surface area contributed by atoms with Crippen molar-refractivity contribution in [1.29, 1.82) is 0 Å². The first-order valence-corrected chi connectivity index (χ1v) is 7.59. The summed E-state index contributed by atoms with van der Waals surface area (Å²) < 4.78 is 0. The number of halogens is 1. The molecule has 3 nitrogen and oxygen atoms in total. The Morgan fingerprint density at radius 2 is 2.05 bits per heavy atom. The fraction of sp³-hybridized carbons (Fsp3) is 0.294. The quantitative estimate of drug-likeness (QED) is 0.941. The third-order valence-electron chi connectivity index (χ3n) is 3.29. The van der Waals surface area contributed by atoms with Crippen molar-refractivity contribution in [3.63, 3.8) is 0 Å². The van der Waals surface area contributed by atoms with Crippen molar-refractivity contribution in [2.24, 2.45) is 0 Å². The van der Waals surface area contributed by atoms with Gasteiger partial charge < -0.3 is 5.32 Å². The van der Waals surface area contributed by atoms with Gasteiger partial charge in [0, 0.05) is 11.2 Å². The molecule has 0 saturated carbocycles. The molecular weight excluding hydrogens is 282 g/mol. The van der Waals surface area contributed by atoms with Gasteiger partial charge in [-0.05, 0) is 54.8 Å². The Bertz CT molecular complexity index is 738. The topological polar surface area (TPSA) is 37.8 Å². The van der Waals surface area contributed by atoms with E-state index in [2.05, 4.69) is 22.2 Å². The van der Waals surface area contributed by atoms with E-state index in [0.717, 1.165) is 40.1 Å². The molecular formula is C17H20ClN3. The highest BCUT2D eigenvalue weighted by Crippen LogP contribution is 2.12. The van der Waals surface area contributed by atoms with Gasteiger partial charge >= 0.3 is 0 Å². The van der Waals surface area contributed by atoms with Gasteiger partial charge in [-0.1, -0.05) is 31.5 Å². The highest BCUT2D eigenvalue weighted by Gasteiger charge is 2.01.